The van der Waals surface area contributed by atoms with E-state index in [-0.39, 0.29) is 12.2 Å². The van der Waals surface area contributed by atoms with E-state index in [9.17, 15) is 10.1 Å². The lowest BCUT2D eigenvalue weighted by Crippen LogP contribution is -2.44. The number of nitrogens with zero attached hydrogens (tertiary/aromatic N) is 1. The van der Waals surface area contributed by atoms with Gasteiger partial charge in [0.25, 0.3) is 0 Å². The first-order valence-electron chi connectivity index (χ1n) is 4.38. The van der Waals surface area contributed by atoms with E-state index in [4.69, 9.17) is 9.47 Å². The SMILES string of the molecule is C=CC1=CC=C(OC)C(OC)([N+](=O)[O-])C1. The van der Waals surface area contributed by atoms with E-state index in [1.807, 2.05) is 0 Å². The summed E-state index contributed by atoms with van der Waals surface area (Å²) in [6.45, 7) is 3.58. The van der Waals surface area contributed by atoms with E-state index < -0.39 is 10.6 Å². The molecule has 5 nitrogen and oxygen atoms in total. The van der Waals surface area contributed by atoms with E-state index in [2.05, 4.69) is 6.58 Å². The summed E-state index contributed by atoms with van der Waals surface area (Å²) in [5.74, 6) is 0.195. The molecule has 0 bridgehead atoms. The fourth-order valence-electron chi connectivity index (χ4n) is 1.51. The van der Waals surface area contributed by atoms with Crippen LogP contribution < -0.4 is 0 Å². The van der Waals surface area contributed by atoms with Crippen LogP contribution in [-0.2, 0) is 9.47 Å². The molecule has 1 rings (SSSR count). The van der Waals surface area contributed by atoms with Crippen LogP contribution in [0.15, 0.2) is 36.1 Å². The summed E-state index contributed by atoms with van der Waals surface area (Å²) in [4.78, 5) is 10.5. The Labute approximate surface area is 87.8 Å². The van der Waals surface area contributed by atoms with Crippen molar-refractivity contribution in [1.29, 1.82) is 0 Å². The molecule has 0 saturated carbocycles. The van der Waals surface area contributed by atoms with E-state index in [0.29, 0.717) is 0 Å². The lowest BCUT2D eigenvalue weighted by molar-refractivity contribution is -0.619. The summed E-state index contributed by atoms with van der Waals surface area (Å²) in [6.07, 6.45) is 4.96. The van der Waals surface area contributed by atoms with Crippen LogP contribution in [-0.4, -0.2) is 24.9 Å². The van der Waals surface area contributed by atoms with Crippen LogP contribution in [0.25, 0.3) is 0 Å². The molecule has 15 heavy (non-hydrogen) atoms. The van der Waals surface area contributed by atoms with Crippen molar-refractivity contribution in [2.45, 2.75) is 12.1 Å². The van der Waals surface area contributed by atoms with Gasteiger partial charge < -0.3 is 9.47 Å². The molecule has 0 radical (unpaired) electrons. The molecule has 0 amide bonds. The van der Waals surface area contributed by atoms with Crippen molar-refractivity contribution in [1.82, 2.24) is 0 Å². The van der Waals surface area contributed by atoms with Crippen LogP contribution in [0.2, 0.25) is 0 Å². The number of methoxy groups -OCH3 is 2. The van der Waals surface area contributed by atoms with Crippen LogP contribution in [0.3, 0.4) is 0 Å². The van der Waals surface area contributed by atoms with E-state index in [1.54, 1.807) is 12.2 Å². The van der Waals surface area contributed by atoms with Crippen LogP contribution in [0.4, 0.5) is 0 Å². The summed E-state index contributed by atoms with van der Waals surface area (Å²) in [7, 11) is 2.68. The Kier molecular flexibility index (Phi) is 3.26. The van der Waals surface area contributed by atoms with Gasteiger partial charge in [-0.3, -0.25) is 10.1 Å². The van der Waals surface area contributed by atoms with Crippen molar-refractivity contribution in [3.63, 3.8) is 0 Å². The topological polar surface area (TPSA) is 61.6 Å². The number of hydrogen-bond acceptors (Lipinski definition) is 4. The van der Waals surface area contributed by atoms with E-state index in [0.717, 1.165) is 5.57 Å². The summed E-state index contributed by atoms with van der Waals surface area (Å²) < 4.78 is 9.96. The molecule has 0 N–H and O–H groups in total. The number of allylic oxidation sites excluding steroid dienone is 3. The Morgan fingerprint density at radius 1 is 1.60 bits per heavy atom. The highest BCUT2D eigenvalue weighted by Crippen LogP contribution is 2.33. The smallest absolute Gasteiger partial charge is 0.386 e. The van der Waals surface area contributed by atoms with Gasteiger partial charge in [-0.25, -0.2) is 0 Å². The van der Waals surface area contributed by atoms with Crippen molar-refractivity contribution >= 4 is 0 Å². The average Bonchev–Trinajstić information content (AvgIpc) is 2.27. The highest BCUT2D eigenvalue weighted by Gasteiger charge is 2.50. The second kappa shape index (κ2) is 4.27. The highest BCUT2D eigenvalue weighted by atomic mass is 16.7. The Bertz CT molecular complexity index is 345. The summed E-state index contributed by atoms with van der Waals surface area (Å²) in [6, 6.07) is 0. The Balaban J connectivity index is 3.18. The summed E-state index contributed by atoms with van der Waals surface area (Å²) in [5.41, 5.74) is -0.873. The first kappa shape index (κ1) is 11.5. The highest BCUT2D eigenvalue weighted by molar-refractivity contribution is 5.32. The molecular formula is C10H13NO4. The largest absolute Gasteiger partial charge is 0.492 e. The van der Waals surface area contributed by atoms with Crippen LogP contribution >= 0.6 is 0 Å². The van der Waals surface area contributed by atoms with Gasteiger partial charge >= 0.3 is 5.72 Å². The zero-order valence-electron chi connectivity index (χ0n) is 8.73. The Morgan fingerprint density at radius 2 is 2.27 bits per heavy atom. The molecule has 82 valence electrons. The normalized spacial score (nSPS) is 25.2. The fraction of sp³-hybridized carbons (Fsp3) is 0.400. The van der Waals surface area contributed by atoms with Crippen molar-refractivity contribution < 1.29 is 14.4 Å². The van der Waals surface area contributed by atoms with Crippen molar-refractivity contribution in [2.75, 3.05) is 14.2 Å². The predicted octanol–water partition coefficient (Wildman–Crippen LogP) is 1.65. The molecule has 1 atom stereocenters. The lowest BCUT2D eigenvalue weighted by atomic mass is 9.95. The van der Waals surface area contributed by atoms with Gasteiger partial charge in [-0.05, 0) is 11.6 Å². The van der Waals surface area contributed by atoms with Crippen LogP contribution in [0.5, 0.6) is 0 Å². The van der Waals surface area contributed by atoms with E-state index >= 15 is 0 Å². The second-order valence-corrected chi connectivity index (χ2v) is 3.10. The quantitative estimate of drug-likeness (QED) is 0.403. The molecule has 0 aromatic heterocycles. The molecule has 0 aromatic rings. The fourth-order valence-corrected chi connectivity index (χ4v) is 1.51. The maximum absolute atomic E-state index is 11.0. The predicted molar refractivity (Wildman–Crippen MR) is 54.7 cm³/mol. The Hall–Kier alpha value is -1.62. The molecule has 1 aliphatic rings. The number of rotatable bonds is 4. The molecule has 0 aromatic carbocycles. The third-order valence-electron chi connectivity index (χ3n) is 2.39. The van der Waals surface area contributed by atoms with Gasteiger partial charge in [-0.2, -0.15) is 0 Å². The standard InChI is InChI=1S/C10H13NO4/c1-4-8-5-6-9(14-2)10(7-8,15-3)11(12)13/h4-6H,1,7H2,2-3H3. The van der Waals surface area contributed by atoms with Gasteiger partial charge in [0, 0.05) is 7.11 Å². The van der Waals surface area contributed by atoms with Gasteiger partial charge in [0.05, 0.1) is 18.5 Å². The third-order valence-corrected chi connectivity index (χ3v) is 2.39. The summed E-state index contributed by atoms with van der Waals surface area (Å²) in [5, 5.41) is 11.0. The first-order valence-corrected chi connectivity index (χ1v) is 4.38. The molecule has 0 heterocycles. The lowest BCUT2D eigenvalue weighted by Gasteiger charge is -2.27. The maximum Gasteiger partial charge on any atom is 0.386 e. The van der Waals surface area contributed by atoms with Crippen molar-refractivity contribution in [3.05, 3.63) is 46.3 Å². The zero-order chi connectivity index (χ0) is 11.5. The van der Waals surface area contributed by atoms with Crippen molar-refractivity contribution in [2.24, 2.45) is 0 Å². The van der Waals surface area contributed by atoms with Crippen LogP contribution in [0, 0.1) is 10.1 Å². The zero-order valence-corrected chi connectivity index (χ0v) is 8.73. The Morgan fingerprint density at radius 3 is 2.67 bits per heavy atom. The second-order valence-electron chi connectivity index (χ2n) is 3.10. The van der Waals surface area contributed by atoms with Gasteiger partial charge in [-0.15, -0.1) is 0 Å². The number of hydrogen-bond donors (Lipinski definition) is 0. The van der Waals surface area contributed by atoms with Gasteiger partial charge in [0.2, 0.25) is 5.76 Å². The molecule has 1 unspecified atom stereocenters. The average molecular weight is 211 g/mol. The molecule has 1 aliphatic carbocycles. The minimum absolute atomic E-state index is 0.125. The third kappa shape index (κ3) is 1.78. The van der Waals surface area contributed by atoms with Gasteiger partial charge in [0.1, 0.15) is 0 Å². The van der Waals surface area contributed by atoms with E-state index in [1.165, 1.54) is 20.3 Å². The van der Waals surface area contributed by atoms with Gasteiger partial charge in [-0.1, -0.05) is 18.7 Å². The summed E-state index contributed by atoms with van der Waals surface area (Å²) >= 11 is 0. The minimum Gasteiger partial charge on any atom is -0.492 e. The van der Waals surface area contributed by atoms with Crippen LogP contribution in [0.1, 0.15) is 6.42 Å². The number of nitro groups is 1. The molecule has 0 spiro atoms. The number of ether oxygens (including phenoxy) is 2. The molecule has 0 saturated heterocycles. The first-order chi connectivity index (χ1) is 7.10. The monoisotopic (exact) mass is 211 g/mol. The minimum atomic E-state index is -1.62. The molecule has 0 fully saturated rings. The maximum atomic E-state index is 11.0. The molecule has 0 aliphatic heterocycles. The molecular weight excluding hydrogens is 198 g/mol. The van der Waals surface area contributed by atoms with Crippen molar-refractivity contribution in [3.8, 4) is 0 Å². The molecule has 5 heteroatoms. The van der Waals surface area contributed by atoms with Gasteiger partial charge in [0.15, 0.2) is 0 Å².